The number of para-hydroxylation sites is 1. The second kappa shape index (κ2) is 9.71. The first-order chi connectivity index (χ1) is 14.3. The largest absolute Gasteiger partial charge is 0.376 e. The van der Waals surface area contributed by atoms with Crippen molar-refractivity contribution in [3.63, 3.8) is 0 Å². The van der Waals surface area contributed by atoms with E-state index in [1.807, 2.05) is 54.6 Å². The zero-order chi connectivity index (χ0) is 19.9. The quantitative estimate of drug-likeness (QED) is 0.438. The second-order valence-electron chi connectivity index (χ2n) is 6.94. The molecule has 1 saturated heterocycles. The number of nitrogens with one attached hydrogen (secondary N) is 2. The number of amides is 1. The summed E-state index contributed by atoms with van der Waals surface area (Å²) in [4.78, 5) is 21.5. The highest BCUT2D eigenvalue weighted by Gasteiger charge is 2.16. The van der Waals surface area contributed by atoms with E-state index in [1.165, 1.54) is 11.8 Å². The molecule has 4 rings (SSSR count). The van der Waals surface area contributed by atoms with Crippen LogP contribution in [0.4, 0.5) is 5.82 Å². The van der Waals surface area contributed by atoms with Gasteiger partial charge >= 0.3 is 0 Å². The smallest absolute Gasteiger partial charge is 0.230 e. The zero-order valence-electron chi connectivity index (χ0n) is 16.1. The number of carbonyl (C=O) groups is 1. The van der Waals surface area contributed by atoms with Gasteiger partial charge in [0.2, 0.25) is 5.91 Å². The molecule has 0 aliphatic carbocycles. The molecule has 0 radical (unpaired) electrons. The average molecular weight is 409 g/mol. The maximum absolute atomic E-state index is 12.2. The van der Waals surface area contributed by atoms with Crippen LogP contribution in [0.15, 0.2) is 59.8 Å². The van der Waals surface area contributed by atoms with Crippen LogP contribution in [0.1, 0.15) is 18.4 Å². The van der Waals surface area contributed by atoms with Gasteiger partial charge in [-0.15, -0.1) is 0 Å². The van der Waals surface area contributed by atoms with Crippen molar-refractivity contribution < 1.29 is 9.53 Å². The lowest BCUT2D eigenvalue weighted by Gasteiger charge is -2.14. The first-order valence-electron chi connectivity index (χ1n) is 9.83. The molecular formula is C22H24N4O2S. The summed E-state index contributed by atoms with van der Waals surface area (Å²) in [5.74, 6) is 1.03. The Morgan fingerprint density at radius 1 is 1.10 bits per heavy atom. The number of benzene rings is 2. The van der Waals surface area contributed by atoms with Crippen molar-refractivity contribution in [1.29, 1.82) is 0 Å². The number of fused-ring (bicyclic) bond motifs is 1. The van der Waals surface area contributed by atoms with Crippen LogP contribution in [0.25, 0.3) is 10.9 Å². The lowest BCUT2D eigenvalue weighted by molar-refractivity contribution is -0.118. The third-order valence-corrected chi connectivity index (χ3v) is 5.62. The number of rotatable bonds is 8. The molecule has 3 aromatic rings. The molecule has 29 heavy (non-hydrogen) atoms. The molecule has 1 atom stereocenters. The summed E-state index contributed by atoms with van der Waals surface area (Å²) in [7, 11) is 0. The Bertz CT molecular complexity index is 961. The van der Waals surface area contributed by atoms with E-state index in [0.29, 0.717) is 11.7 Å². The van der Waals surface area contributed by atoms with Gasteiger partial charge in [0.05, 0.1) is 17.4 Å². The van der Waals surface area contributed by atoms with Crippen molar-refractivity contribution in [2.24, 2.45) is 0 Å². The number of carbonyl (C=O) groups excluding carboxylic acids is 1. The molecule has 2 aromatic carbocycles. The molecule has 1 aliphatic heterocycles. The molecule has 2 N–H and O–H groups in total. The predicted molar refractivity (Wildman–Crippen MR) is 116 cm³/mol. The summed E-state index contributed by atoms with van der Waals surface area (Å²) in [6.45, 7) is 2.08. The van der Waals surface area contributed by atoms with Gasteiger partial charge in [0.15, 0.2) is 5.16 Å². The maximum Gasteiger partial charge on any atom is 0.230 e. The van der Waals surface area contributed by atoms with Gasteiger partial charge in [-0.05, 0) is 30.5 Å². The van der Waals surface area contributed by atoms with E-state index >= 15 is 0 Å². The van der Waals surface area contributed by atoms with Crippen LogP contribution in [0, 0.1) is 0 Å². The highest BCUT2D eigenvalue weighted by molar-refractivity contribution is 7.99. The molecule has 0 saturated carbocycles. The highest BCUT2D eigenvalue weighted by atomic mass is 32.2. The Balaban J connectivity index is 1.39. The average Bonchev–Trinajstić information content (AvgIpc) is 3.29. The molecular weight excluding hydrogens is 384 g/mol. The standard InChI is InChI=1S/C22H24N4O2S/c27-20(23-13-16-7-2-1-3-8-16)15-29-22-25-19-11-5-4-10-18(19)21(26-22)24-14-17-9-6-12-28-17/h1-5,7-8,10-11,17H,6,9,12-15H2,(H,23,27)(H,24,25,26). The molecule has 1 amide bonds. The van der Waals surface area contributed by atoms with Crippen molar-refractivity contribution in [3.8, 4) is 0 Å². The Hall–Kier alpha value is -2.64. The summed E-state index contributed by atoms with van der Waals surface area (Å²) < 4.78 is 5.70. The van der Waals surface area contributed by atoms with Crippen molar-refractivity contribution in [3.05, 3.63) is 60.2 Å². The Kier molecular flexibility index (Phi) is 6.59. The first-order valence-corrected chi connectivity index (χ1v) is 10.8. The number of hydrogen-bond acceptors (Lipinski definition) is 6. The summed E-state index contributed by atoms with van der Waals surface area (Å²) in [6.07, 6.45) is 2.40. The fourth-order valence-electron chi connectivity index (χ4n) is 3.25. The number of anilines is 1. The number of thioether (sulfide) groups is 1. The van der Waals surface area contributed by atoms with E-state index < -0.39 is 0 Å². The topological polar surface area (TPSA) is 76.1 Å². The summed E-state index contributed by atoms with van der Waals surface area (Å²) in [5, 5.41) is 7.92. The highest BCUT2D eigenvalue weighted by Crippen LogP contribution is 2.25. The van der Waals surface area contributed by atoms with Gasteiger partial charge in [-0.3, -0.25) is 4.79 Å². The van der Waals surface area contributed by atoms with Crippen LogP contribution in [0.2, 0.25) is 0 Å². The van der Waals surface area contributed by atoms with Crippen LogP contribution in [0.3, 0.4) is 0 Å². The van der Waals surface area contributed by atoms with Gasteiger partial charge in [-0.25, -0.2) is 9.97 Å². The fraction of sp³-hybridized carbons (Fsp3) is 0.318. The van der Waals surface area contributed by atoms with E-state index in [9.17, 15) is 4.79 Å². The van der Waals surface area contributed by atoms with E-state index in [2.05, 4.69) is 20.6 Å². The third kappa shape index (κ3) is 5.46. The van der Waals surface area contributed by atoms with E-state index in [4.69, 9.17) is 4.74 Å². The van der Waals surface area contributed by atoms with Crippen LogP contribution in [-0.2, 0) is 16.1 Å². The Morgan fingerprint density at radius 2 is 1.93 bits per heavy atom. The van der Waals surface area contributed by atoms with Crippen molar-refractivity contribution >= 4 is 34.4 Å². The first kappa shape index (κ1) is 19.7. The lowest BCUT2D eigenvalue weighted by Crippen LogP contribution is -2.24. The number of hydrogen-bond donors (Lipinski definition) is 2. The molecule has 1 aromatic heterocycles. The summed E-state index contributed by atoms with van der Waals surface area (Å²) in [6, 6.07) is 17.8. The van der Waals surface area contributed by atoms with Crippen LogP contribution in [0.5, 0.6) is 0 Å². The van der Waals surface area contributed by atoms with Crippen LogP contribution < -0.4 is 10.6 Å². The molecule has 2 heterocycles. The normalized spacial score (nSPS) is 16.1. The van der Waals surface area contributed by atoms with Gasteiger partial charge in [0.25, 0.3) is 0 Å². The van der Waals surface area contributed by atoms with Crippen molar-refractivity contribution in [2.75, 3.05) is 24.2 Å². The number of ether oxygens (including phenoxy) is 1. The predicted octanol–water partition coefficient (Wildman–Crippen LogP) is 3.63. The van der Waals surface area contributed by atoms with E-state index in [0.717, 1.165) is 48.3 Å². The molecule has 150 valence electrons. The molecule has 7 heteroatoms. The minimum atomic E-state index is -0.0375. The molecule has 6 nitrogen and oxygen atoms in total. The second-order valence-corrected chi connectivity index (χ2v) is 7.88. The molecule has 0 bridgehead atoms. The summed E-state index contributed by atoms with van der Waals surface area (Å²) >= 11 is 1.35. The van der Waals surface area contributed by atoms with Gasteiger partial charge in [0, 0.05) is 25.1 Å². The third-order valence-electron chi connectivity index (χ3n) is 4.77. The Morgan fingerprint density at radius 3 is 2.76 bits per heavy atom. The number of nitrogens with zero attached hydrogens (tertiary/aromatic N) is 2. The SMILES string of the molecule is O=C(CSc1nc(NCC2CCCO2)c2ccccc2n1)NCc1ccccc1. The number of aromatic nitrogens is 2. The van der Waals surface area contributed by atoms with Gasteiger partial charge in [-0.1, -0.05) is 54.2 Å². The molecule has 1 aliphatic rings. The Labute approximate surface area is 174 Å². The van der Waals surface area contributed by atoms with Gasteiger partial charge in [0.1, 0.15) is 5.82 Å². The fourth-order valence-corrected chi connectivity index (χ4v) is 3.93. The molecule has 0 spiro atoms. The van der Waals surface area contributed by atoms with Crippen LogP contribution >= 0.6 is 11.8 Å². The zero-order valence-corrected chi connectivity index (χ0v) is 17.0. The summed E-state index contributed by atoms with van der Waals surface area (Å²) in [5.41, 5.74) is 1.94. The maximum atomic E-state index is 12.2. The lowest BCUT2D eigenvalue weighted by atomic mass is 10.2. The molecule has 1 unspecified atom stereocenters. The van der Waals surface area contributed by atoms with Crippen LogP contribution in [-0.4, -0.2) is 40.9 Å². The van der Waals surface area contributed by atoms with Gasteiger partial charge in [-0.2, -0.15) is 0 Å². The van der Waals surface area contributed by atoms with E-state index in [-0.39, 0.29) is 17.8 Å². The minimum absolute atomic E-state index is 0.0375. The van der Waals surface area contributed by atoms with Crippen molar-refractivity contribution in [1.82, 2.24) is 15.3 Å². The minimum Gasteiger partial charge on any atom is -0.376 e. The van der Waals surface area contributed by atoms with E-state index in [1.54, 1.807) is 0 Å². The van der Waals surface area contributed by atoms with Gasteiger partial charge < -0.3 is 15.4 Å². The van der Waals surface area contributed by atoms with Crippen molar-refractivity contribution in [2.45, 2.75) is 30.6 Å². The monoisotopic (exact) mass is 408 g/mol. The molecule has 1 fully saturated rings.